The molecule has 1 amide bonds. The molecule has 0 aliphatic carbocycles. The smallest absolute Gasteiger partial charge is 0.272 e. The summed E-state index contributed by atoms with van der Waals surface area (Å²) in [5, 5.41) is 7.00. The van der Waals surface area contributed by atoms with Crippen LogP contribution in [0.5, 0.6) is 0 Å². The van der Waals surface area contributed by atoms with Crippen molar-refractivity contribution >= 4 is 17.5 Å². The number of rotatable bonds is 5. The molecule has 0 saturated heterocycles. The van der Waals surface area contributed by atoms with Crippen LogP contribution in [0.15, 0.2) is 12.3 Å². The first-order valence-electron chi connectivity index (χ1n) is 5.41. The molecule has 1 atom stereocenters. The molecule has 1 aromatic heterocycles. The molecule has 0 radical (unpaired) electrons. The van der Waals surface area contributed by atoms with Gasteiger partial charge in [-0.05, 0) is 18.4 Å². The lowest BCUT2D eigenvalue weighted by atomic mass is 10.0. The van der Waals surface area contributed by atoms with Crippen molar-refractivity contribution in [3.05, 3.63) is 18.0 Å². The number of aromatic nitrogens is 2. The fourth-order valence-corrected chi connectivity index (χ4v) is 1.70. The Bertz CT molecular complexity index is 349. The van der Waals surface area contributed by atoms with E-state index in [1.807, 2.05) is 0 Å². The Hall–Kier alpha value is -1.03. The maximum Gasteiger partial charge on any atom is 0.272 e. The molecule has 4 nitrogen and oxygen atoms in total. The largest absolute Gasteiger partial charge is 0.348 e. The minimum Gasteiger partial charge on any atom is -0.348 e. The highest BCUT2D eigenvalue weighted by Gasteiger charge is 2.17. The van der Waals surface area contributed by atoms with E-state index in [9.17, 15) is 4.79 Å². The fraction of sp³-hybridized carbons (Fsp3) is 0.636. The van der Waals surface area contributed by atoms with Crippen LogP contribution < -0.4 is 5.32 Å². The molecule has 0 saturated carbocycles. The van der Waals surface area contributed by atoms with Crippen LogP contribution in [0.2, 0.25) is 0 Å². The molecule has 1 rings (SSSR count). The summed E-state index contributed by atoms with van der Waals surface area (Å²) >= 11 is 5.70. The molecule has 5 heteroatoms. The number of nitrogens with zero attached hydrogens (tertiary/aromatic N) is 2. The van der Waals surface area contributed by atoms with E-state index in [2.05, 4.69) is 24.3 Å². The molecule has 0 bridgehead atoms. The lowest BCUT2D eigenvalue weighted by Gasteiger charge is -2.20. The van der Waals surface area contributed by atoms with Gasteiger partial charge in [-0.25, -0.2) is 0 Å². The first-order chi connectivity index (χ1) is 7.54. The van der Waals surface area contributed by atoms with E-state index in [1.54, 1.807) is 24.0 Å². The average molecular weight is 244 g/mol. The number of alkyl halides is 1. The molecular weight excluding hydrogens is 226 g/mol. The summed E-state index contributed by atoms with van der Waals surface area (Å²) in [7, 11) is 1.79. The minimum absolute atomic E-state index is 0.104. The highest BCUT2D eigenvalue weighted by Crippen LogP contribution is 2.08. The van der Waals surface area contributed by atoms with Crippen molar-refractivity contribution in [1.82, 2.24) is 15.1 Å². The molecule has 0 aliphatic heterocycles. The van der Waals surface area contributed by atoms with E-state index in [4.69, 9.17) is 11.6 Å². The van der Waals surface area contributed by atoms with Crippen LogP contribution in [0.4, 0.5) is 0 Å². The third-order valence-corrected chi connectivity index (χ3v) is 2.71. The average Bonchev–Trinajstić information content (AvgIpc) is 2.64. The molecule has 16 heavy (non-hydrogen) atoms. The van der Waals surface area contributed by atoms with Gasteiger partial charge in [0.15, 0.2) is 0 Å². The molecule has 0 fully saturated rings. The van der Waals surface area contributed by atoms with Crippen LogP contribution in [0.25, 0.3) is 0 Å². The number of aryl methyl sites for hydroxylation is 1. The maximum atomic E-state index is 11.8. The van der Waals surface area contributed by atoms with Gasteiger partial charge in [-0.15, -0.1) is 11.6 Å². The van der Waals surface area contributed by atoms with Gasteiger partial charge in [0.2, 0.25) is 0 Å². The van der Waals surface area contributed by atoms with Gasteiger partial charge in [-0.3, -0.25) is 9.48 Å². The molecule has 1 aromatic rings. The summed E-state index contributed by atoms with van der Waals surface area (Å²) in [6, 6.07) is 1.81. The number of halogens is 1. The molecule has 0 spiro atoms. The minimum atomic E-state index is -0.135. The molecule has 0 aliphatic rings. The number of nitrogens with one attached hydrogen (secondary N) is 1. The number of hydrogen-bond donors (Lipinski definition) is 1. The van der Waals surface area contributed by atoms with Gasteiger partial charge in [0.05, 0.1) is 0 Å². The normalized spacial score (nSPS) is 12.8. The third-order valence-electron chi connectivity index (χ3n) is 2.49. The first kappa shape index (κ1) is 13.0. The first-order valence-corrected chi connectivity index (χ1v) is 5.94. The van der Waals surface area contributed by atoms with E-state index in [1.165, 1.54) is 0 Å². The maximum absolute atomic E-state index is 11.8. The van der Waals surface area contributed by atoms with Crippen molar-refractivity contribution in [3.63, 3.8) is 0 Å². The van der Waals surface area contributed by atoms with Gasteiger partial charge in [0.25, 0.3) is 5.91 Å². The predicted octanol–water partition coefficient (Wildman–Crippen LogP) is 1.80. The van der Waals surface area contributed by atoms with E-state index in [0.717, 1.165) is 6.42 Å². The zero-order valence-electron chi connectivity index (χ0n) is 9.90. The zero-order chi connectivity index (χ0) is 12.1. The second-order valence-corrected chi connectivity index (χ2v) is 4.55. The van der Waals surface area contributed by atoms with Crippen molar-refractivity contribution in [1.29, 1.82) is 0 Å². The number of carbonyl (C=O) groups is 1. The summed E-state index contributed by atoms with van der Waals surface area (Å²) < 4.78 is 1.61. The van der Waals surface area contributed by atoms with Gasteiger partial charge in [-0.1, -0.05) is 13.8 Å². The Morgan fingerprint density at radius 3 is 2.75 bits per heavy atom. The monoisotopic (exact) mass is 243 g/mol. The number of hydrogen-bond acceptors (Lipinski definition) is 2. The summed E-state index contributed by atoms with van der Waals surface area (Å²) in [6.07, 6.45) is 2.53. The van der Waals surface area contributed by atoms with Crippen molar-refractivity contribution < 1.29 is 4.79 Å². The number of carbonyl (C=O) groups excluding carboxylic acids is 1. The fourth-order valence-electron chi connectivity index (χ4n) is 1.47. The zero-order valence-corrected chi connectivity index (χ0v) is 10.7. The summed E-state index contributed by atoms with van der Waals surface area (Å²) in [6.45, 7) is 4.13. The molecular formula is C11H18ClN3O. The molecule has 90 valence electrons. The van der Waals surface area contributed by atoms with Crippen molar-refractivity contribution in [3.8, 4) is 0 Å². The Labute approximate surface area is 101 Å². The lowest BCUT2D eigenvalue weighted by Crippen LogP contribution is -2.39. The van der Waals surface area contributed by atoms with Crippen molar-refractivity contribution in [2.75, 3.05) is 5.88 Å². The van der Waals surface area contributed by atoms with Crippen molar-refractivity contribution in [2.24, 2.45) is 13.0 Å². The van der Waals surface area contributed by atoms with Crippen LogP contribution in [0.1, 0.15) is 30.8 Å². The summed E-state index contributed by atoms with van der Waals surface area (Å²) in [5.74, 6) is 0.779. The molecule has 0 aromatic carbocycles. The van der Waals surface area contributed by atoms with E-state index >= 15 is 0 Å². The quantitative estimate of drug-likeness (QED) is 0.802. The van der Waals surface area contributed by atoms with Crippen LogP contribution >= 0.6 is 11.6 Å². The molecule has 1 heterocycles. The lowest BCUT2D eigenvalue weighted by molar-refractivity contribution is 0.0919. The summed E-state index contributed by atoms with van der Waals surface area (Å²) in [5.41, 5.74) is 0.447. The summed E-state index contributed by atoms with van der Waals surface area (Å²) in [4.78, 5) is 11.8. The highest BCUT2D eigenvalue weighted by molar-refractivity contribution is 6.17. The number of amides is 1. The van der Waals surface area contributed by atoms with Gasteiger partial charge in [0, 0.05) is 25.2 Å². The molecule has 1 unspecified atom stereocenters. The standard InChI is InChI=1S/C11H18ClN3O/c1-8(2)9(4-6-12)13-11(16)10-5-7-15(3)14-10/h5,7-9H,4,6H2,1-3H3,(H,13,16). The van der Waals surface area contributed by atoms with Crippen LogP contribution in [0.3, 0.4) is 0 Å². The van der Waals surface area contributed by atoms with Gasteiger partial charge in [-0.2, -0.15) is 5.10 Å². The second-order valence-electron chi connectivity index (χ2n) is 4.18. The SMILES string of the molecule is CC(C)C(CCCl)NC(=O)c1ccn(C)n1. The van der Waals surface area contributed by atoms with Gasteiger partial charge >= 0.3 is 0 Å². The highest BCUT2D eigenvalue weighted by atomic mass is 35.5. The Kier molecular flexibility index (Phi) is 4.80. The van der Waals surface area contributed by atoms with E-state index in [0.29, 0.717) is 17.5 Å². The van der Waals surface area contributed by atoms with Crippen LogP contribution in [0, 0.1) is 5.92 Å². The topological polar surface area (TPSA) is 46.9 Å². The third kappa shape index (κ3) is 3.52. The van der Waals surface area contributed by atoms with Gasteiger partial charge < -0.3 is 5.32 Å². The van der Waals surface area contributed by atoms with Crippen LogP contribution in [-0.4, -0.2) is 27.6 Å². The van der Waals surface area contributed by atoms with E-state index in [-0.39, 0.29) is 11.9 Å². The Balaban J connectivity index is 2.61. The van der Waals surface area contributed by atoms with Crippen molar-refractivity contribution in [2.45, 2.75) is 26.3 Å². The van der Waals surface area contributed by atoms with E-state index < -0.39 is 0 Å². The molecule has 1 N–H and O–H groups in total. The predicted molar refractivity (Wildman–Crippen MR) is 64.6 cm³/mol. The van der Waals surface area contributed by atoms with Crippen LogP contribution in [-0.2, 0) is 7.05 Å². The second kappa shape index (κ2) is 5.89. The van der Waals surface area contributed by atoms with Gasteiger partial charge in [0.1, 0.15) is 5.69 Å². The Morgan fingerprint density at radius 2 is 2.31 bits per heavy atom. The Morgan fingerprint density at radius 1 is 1.62 bits per heavy atom.